The number of likely N-dealkylation sites (N-methyl/N-ethyl adjacent to an activating group) is 1. The Morgan fingerprint density at radius 3 is 2.30 bits per heavy atom. The smallest absolute Gasteiger partial charge is 0.305 e. The predicted molar refractivity (Wildman–Crippen MR) is 153 cm³/mol. The van der Waals surface area contributed by atoms with Crippen molar-refractivity contribution in [2.75, 3.05) is 19.8 Å². The Bertz CT molecular complexity index is 1530. The molecule has 0 aromatic heterocycles. The second-order valence-corrected chi connectivity index (χ2v) is 12.5. The molecule has 12 heteroatoms. The molecule has 1 amide bonds. The van der Waals surface area contributed by atoms with Gasteiger partial charge in [0.15, 0.2) is 34.7 Å². The molecule has 0 saturated heterocycles. The van der Waals surface area contributed by atoms with Gasteiger partial charge in [0.05, 0.1) is 23.4 Å². The molecule has 0 heterocycles. The van der Waals surface area contributed by atoms with E-state index in [0.717, 1.165) is 4.90 Å². The molecule has 2 aromatic carbocycles. The van der Waals surface area contributed by atoms with Crippen molar-refractivity contribution in [2.45, 2.75) is 41.9 Å². The number of nitrogens with zero attached hydrogens (tertiary/aromatic N) is 1. The highest BCUT2D eigenvalue weighted by Gasteiger charge is 2.74. The molecular weight excluding hydrogens is 576 g/mol. The molecular formula is C31H32N2O9S. The third kappa shape index (κ3) is 4.68. The van der Waals surface area contributed by atoms with E-state index < -0.39 is 82.3 Å². The number of esters is 1. The summed E-state index contributed by atoms with van der Waals surface area (Å²) >= 11 is 1.41. The number of carbonyl (C=O) groups is 6. The number of Topliss-reactive ketones (excluding diaryl/α,β-unsaturated/α-hetero) is 4. The number of amides is 1. The van der Waals surface area contributed by atoms with Gasteiger partial charge in [-0.3, -0.25) is 33.7 Å². The van der Waals surface area contributed by atoms with Crippen LogP contribution in [-0.4, -0.2) is 87.7 Å². The summed E-state index contributed by atoms with van der Waals surface area (Å²) in [4.78, 5) is 83.4. The summed E-state index contributed by atoms with van der Waals surface area (Å²) in [6.45, 7) is 1.53. The molecule has 2 unspecified atom stereocenters. The van der Waals surface area contributed by atoms with Gasteiger partial charge in [0, 0.05) is 28.9 Å². The van der Waals surface area contributed by atoms with E-state index in [4.69, 9.17) is 10.5 Å². The summed E-state index contributed by atoms with van der Waals surface area (Å²) in [5.41, 5.74) is 2.65. The monoisotopic (exact) mass is 608 g/mol. The number of carbonyl (C=O) groups excluding carboxylic acids is 6. The molecule has 2 aromatic rings. The minimum atomic E-state index is -3.06. The second-order valence-electron chi connectivity index (χ2n) is 11.4. The van der Waals surface area contributed by atoms with Crippen molar-refractivity contribution in [1.29, 1.82) is 0 Å². The Morgan fingerprint density at radius 1 is 1.02 bits per heavy atom. The fourth-order valence-electron chi connectivity index (χ4n) is 7.02. The van der Waals surface area contributed by atoms with Crippen molar-refractivity contribution in [3.05, 3.63) is 59.7 Å². The van der Waals surface area contributed by atoms with Crippen molar-refractivity contribution < 1.29 is 43.7 Å². The first-order chi connectivity index (χ1) is 20.4. The van der Waals surface area contributed by atoms with Crippen LogP contribution in [0, 0.1) is 23.7 Å². The Labute approximate surface area is 251 Å². The van der Waals surface area contributed by atoms with Gasteiger partial charge in [0.1, 0.15) is 11.9 Å². The maximum absolute atomic E-state index is 14.4. The largest absolute Gasteiger partial charge is 0.507 e. The number of rotatable bonds is 7. The van der Waals surface area contributed by atoms with Crippen LogP contribution in [0.2, 0.25) is 0 Å². The normalized spacial score (nSPS) is 31.7. The number of hydrogen-bond acceptors (Lipinski definition) is 11. The van der Waals surface area contributed by atoms with E-state index in [1.165, 1.54) is 43.7 Å². The van der Waals surface area contributed by atoms with Gasteiger partial charge in [-0.1, -0.05) is 37.3 Å². The Morgan fingerprint density at radius 2 is 1.70 bits per heavy atom. The number of ether oxygens (including phenoxy) is 1. The summed E-state index contributed by atoms with van der Waals surface area (Å²) in [5, 5.41) is 22.9. The number of hydrogen-bond donors (Lipinski definition) is 3. The number of ketones is 4. The van der Waals surface area contributed by atoms with Crippen LogP contribution in [0.5, 0.6) is 5.75 Å². The lowest BCUT2D eigenvalue weighted by Gasteiger charge is -2.57. The van der Waals surface area contributed by atoms with E-state index in [-0.39, 0.29) is 23.5 Å². The Hall–Kier alpha value is -3.87. The predicted octanol–water partition coefficient (Wildman–Crippen LogP) is 1.13. The molecule has 43 heavy (non-hydrogen) atoms. The number of thioether (sulfide) groups is 1. The first kappa shape index (κ1) is 30.6. The standard InChI is InChI=1S/C31H32N2O9S/c1-4-18(35)42-27-20-16(13-43-14-9-6-5-7-10-14)15-11-8-12-17(34)19(15)25(36)21(20)28(38)31(41)23(27)24(33(2)3)26(37)22(29(31)39)30(32)40/h5-12,16,20-24,27,34,41H,4,13H2,1-3H3,(H2,32,40)/t16-,20+,21?,22?,23+,24-,27-,31-/m0/s1. The minimum Gasteiger partial charge on any atom is -0.507 e. The number of primary amides is 1. The lowest BCUT2D eigenvalue weighted by Crippen LogP contribution is -2.78. The zero-order valence-electron chi connectivity index (χ0n) is 23.8. The first-order valence-corrected chi connectivity index (χ1v) is 14.9. The van der Waals surface area contributed by atoms with Crippen LogP contribution >= 0.6 is 11.8 Å². The van der Waals surface area contributed by atoms with Gasteiger partial charge in [0.25, 0.3) is 0 Å². The van der Waals surface area contributed by atoms with E-state index in [0.29, 0.717) is 5.56 Å². The summed E-state index contributed by atoms with van der Waals surface area (Å²) in [6.07, 6.45) is -1.59. The number of aromatic hydroxyl groups is 1. The lowest BCUT2D eigenvalue weighted by molar-refractivity contribution is -0.205. The van der Waals surface area contributed by atoms with E-state index in [1.807, 2.05) is 30.3 Å². The van der Waals surface area contributed by atoms with Gasteiger partial charge in [0.2, 0.25) is 5.91 Å². The zero-order chi connectivity index (χ0) is 31.4. The maximum atomic E-state index is 14.4. The van der Waals surface area contributed by atoms with Crippen LogP contribution in [0.4, 0.5) is 0 Å². The second kappa shape index (κ2) is 11.3. The molecule has 3 aliphatic carbocycles. The molecule has 0 radical (unpaired) electrons. The van der Waals surface area contributed by atoms with Crippen molar-refractivity contribution in [3.63, 3.8) is 0 Å². The number of benzene rings is 2. The molecule has 4 N–H and O–H groups in total. The van der Waals surface area contributed by atoms with Crippen molar-refractivity contribution in [3.8, 4) is 5.75 Å². The minimum absolute atomic E-state index is 0.111. The van der Waals surface area contributed by atoms with Gasteiger partial charge < -0.3 is 20.7 Å². The van der Waals surface area contributed by atoms with Crippen LogP contribution in [0.25, 0.3) is 0 Å². The molecule has 8 atom stereocenters. The summed E-state index contributed by atoms with van der Waals surface area (Å²) in [7, 11) is 2.93. The maximum Gasteiger partial charge on any atom is 0.305 e. The van der Waals surface area contributed by atoms with E-state index in [1.54, 1.807) is 12.1 Å². The van der Waals surface area contributed by atoms with Gasteiger partial charge in [-0.05, 0) is 37.9 Å². The SMILES string of the molecule is CCC(=O)O[C@H]1[C@H]2C(C(=O)c3c(O)cccc3[C@@H]2CSc2ccccc2)C(=O)[C@]2(O)C(=O)C(C(N)=O)C(=O)[C@@H](N(C)C)[C@H]12. The van der Waals surface area contributed by atoms with E-state index in [2.05, 4.69) is 0 Å². The third-order valence-electron chi connectivity index (χ3n) is 8.85. The highest BCUT2D eigenvalue weighted by atomic mass is 32.2. The van der Waals surface area contributed by atoms with Crippen LogP contribution in [0.1, 0.15) is 35.2 Å². The van der Waals surface area contributed by atoms with Gasteiger partial charge in [-0.25, -0.2) is 0 Å². The van der Waals surface area contributed by atoms with Crippen molar-refractivity contribution in [1.82, 2.24) is 4.90 Å². The van der Waals surface area contributed by atoms with Gasteiger partial charge in [-0.15, -0.1) is 11.8 Å². The van der Waals surface area contributed by atoms with Gasteiger partial charge >= 0.3 is 5.97 Å². The summed E-state index contributed by atoms with van der Waals surface area (Å²) in [6, 6.07) is 12.4. The van der Waals surface area contributed by atoms with Gasteiger partial charge in [-0.2, -0.15) is 0 Å². The Balaban J connectivity index is 1.77. The first-order valence-electron chi connectivity index (χ1n) is 13.9. The van der Waals surface area contributed by atoms with Crippen LogP contribution in [-0.2, 0) is 28.7 Å². The summed E-state index contributed by atoms with van der Waals surface area (Å²) < 4.78 is 5.92. The summed E-state index contributed by atoms with van der Waals surface area (Å²) in [5.74, 6) is -14.0. The van der Waals surface area contributed by atoms with E-state index in [9.17, 15) is 39.0 Å². The molecule has 5 rings (SSSR count). The highest BCUT2D eigenvalue weighted by Crippen LogP contribution is 2.56. The quantitative estimate of drug-likeness (QED) is 0.233. The van der Waals surface area contributed by atoms with E-state index >= 15 is 0 Å². The molecule has 3 aliphatic rings. The molecule has 0 aliphatic heterocycles. The van der Waals surface area contributed by atoms with Crippen molar-refractivity contribution >= 4 is 46.8 Å². The molecule has 0 bridgehead atoms. The number of fused-ring (bicyclic) bond motifs is 3. The van der Waals surface area contributed by atoms with Crippen LogP contribution in [0.3, 0.4) is 0 Å². The topological polar surface area (TPSA) is 181 Å². The fourth-order valence-corrected chi connectivity index (χ4v) is 8.15. The molecule has 0 spiro atoms. The van der Waals surface area contributed by atoms with Crippen LogP contribution < -0.4 is 5.73 Å². The lowest BCUT2D eigenvalue weighted by atomic mass is 9.49. The van der Waals surface area contributed by atoms with Crippen LogP contribution in [0.15, 0.2) is 53.4 Å². The third-order valence-corrected chi connectivity index (χ3v) is 9.98. The molecule has 2 saturated carbocycles. The highest BCUT2D eigenvalue weighted by molar-refractivity contribution is 7.99. The number of nitrogens with two attached hydrogens (primary N) is 1. The average Bonchev–Trinajstić information content (AvgIpc) is 2.96. The Kier molecular flexibility index (Phi) is 8.05. The molecule has 11 nitrogen and oxygen atoms in total. The zero-order valence-corrected chi connectivity index (χ0v) is 24.6. The number of phenols is 1. The number of aliphatic hydroxyl groups is 1. The van der Waals surface area contributed by atoms with Crippen molar-refractivity contribution in [2.24, 2.45) is 29.4 Å². The number of phenolic OH excluding ortho intramolecular Hbond substituents is 1. The fraction of sp³-hybridized carbons (Fsp3) is 0.419. The molecule has 2 fully saturated rings. The molecule has 226 valence electrons. The average molecular weight is 609 g/mol.